The normalized spacial score (nSPS) is 21.8. The van der Waals surface area contributed by atoms with E-state index in [1.807, 2.05) is 0 Å². The van der Waals surface area contributed by atoms with E-state index < -0.39 is 0 Å². The number of benzene rings is 1. The molecule has 0 bridgehead atoms. The summed E-state index contributed by atoms with van der Waals surface area (Å²) in [6.07, 6.45) is 8.03. The maximum atomic E-state index is 6.70. The van der Waals surface area contributed by atoms with Gasteiger partial charge < -0.3 is 5.73 Å². The van der Waals surface area contributed by atoms with E-state index in [4.69, 9.17) is 5.73 Å². The fraction of sp³-hybridized carbons (Fsp3) is 0.667. The molecule has 1 aliphatic carbocycles. The molecular weight excluding hydrogens is 230 g/mol. The Balaban J connectivity index is 2.17. The summed E-state index contributed by atoms with van der Waals surface area (Å²) < 4.78 is 0. The summed E-state index contributed by atoms with van der Waals surface area (Å²) in [5.74, 6) is 1.92. The Morgan fingerprint density at radius 1 is 1.11 bits per heavy atom. The summed E-state index contributed by atoms with van der Waals surface area (Å²) in [6, 6.07) is 11.3. The van der Waals surface area contributed by atoms with Crippen molar-refractivity contribution in [2.24, 2.45) is 17.6 Å². The van der Waals surface area contributed by atoms with Crippen LogP contribution in [0.1, 0.15) is 63.9 Å². The third kappa shape index (κ3) is 3.60. The van der Waals surface area contributed by atoms with Crippen LogP contribution in [0.2, 0.25) is 0 Å². The summed E-state index contributed by atoms with van der Waals surface area (Å²) in [7, 11) is 0. The molecule has 1 heteroatoms. The van der Waals surface area contributed by atoms with Gasteiger partial charge in [0.1, 0.15) is 0 Å². The molecule has 2 N–H and O–H groups in total. The van der Waals surface area contributed by atoms with Crippen molar-refractivity contribution in [3.8, 4) is 0 Å². The van der Waals surface area contributed by atoms with Crippen LogP contribution in [-0.2, 0) is 0 Å². The lowest BCUT2D eigenvalue weighted by Gasteiger charge is -2.36. The lowest BCUT2D eigenvalue weighted by atomic mass is 9.72. The Morgan fingerprint density at radius 2 is 1.74 bits per heavy atom. The summed E-state index contributed by atoms with van der Waals surface area (Å²) >= 11 is 0. The Morgan fingerprint density at radius 3 is 2.32 bits per heavy atom. The van der Waals surface area contributed by atoms with Crippen LogP contribution in [0.3, 0.4) is 0 Å². The SMILES string of the molecule is CCC(C)C(c1ccccc1)C(N)C1CCCCC1. The van der Waals surface area contributed by atoms with E-state index in [9.17, 15) is 0 Å². The lowest BCUT2D eigenvalue weighted by Crippen LogP contribution is -2.40. The smallest absolute Gasteiger partial charge is 0.0139 e. The molecular formula is C18H29N. The summed E-state index contributed by atoms with van der Waals surface area (Å²) in [5, 5.41) is 0. The molecule has 1 fully saturated rings. The second-order valence-electron chi connectivity index (χ2n) is 6.30. The van der Waals surface area contributed by atoms with Crippen molar-refractivity contribution in [3.63, 3.8) is 0 Å². The maximum absolute atomic E-state index is 6.70. The van der Waals surface area contributed by atoms with Crippen LogP contribution in [0.15, 0.2) is 30.3 Å². The Kier molecular flexibility index (Phi) is 5.45. The molecule has 0 radical (unpaired) electrons. The van der Waals surface area contributed by atoms with Gasteiger partial charge in [-0.1, -0.05) is 69.9 Å². The molecule has 19 heavy (non-hydrogen) atoms. The molecule has 0 heterocycles. The molecule has 0 saturated heterocycles. The lowest BCUT2D eigenvalue weighted by molar-refractivity contribution is 0.243. The molecule has 1 nitrogen and oxygen atoms in total. The van der Waals surface area contributed by atoms with E-state index in [0.717, 1.165) is 5.92 Å². The standard InChI is InChI=1S/C18H29N/c1-3-14(2)17(15-10-6-4-7-11-15)18(19)16-12-8-5-9-13-16/h4,6-7,10-11,14,16-18H,3,5,8-9,12-13,19H2,1-2H3. The van der Waals surface area contributed by atoms with Crippen molar-refractivity contribution >= 4 is 0 Å². The molecule has 3 atom stereocenters. The van der Waals surface area contributed by atoms with Gasteiger partial charge in [0.2, 0.25) is 0 Å². The Hall–Kier alpha value is -0.820. The predicted octanol–water partition coefficient (Wildman–Crippen LogP) is 4.72. The van der Waals surface area contributed by atoms with Gasteiger partial charge in [-0.05, 0) is 30.2 Å². The highest BCUT2D eigenvalue weighted by Gasteiger charge is 2.31. The van der Waals surface area contributed by atoms with E-state index in [1.165, 1.54) is 44.1 Å². The van der Waals surface area contributed by atoms with Crippen molar-refractivity contribution in [2.45, 2.75) is 64.3 Å². The second kappa shape index (κ2) is 7.09. The first kappa shape index (κ1) is 14.6. The zero-order chi connectivity index (χ0) is 13.7. The van der Waals surface area contributed by atoms with Crippen LogP contribution >= 0.6 is 0 Å². The third-order valence-corrected chi connectivity index (χ3v) is 5.05. The second-order valence-corrected chi connectivity index (χ2v) is 6.30. The van der Waals surface area contributed by atoms with Gasteiger partial charge in [0.25, 0.3) is 0 Å². The van der Waals surface area contributed by atoms with Crippen LogP contribution in [0, 0.1) is 11.8 Å². The van der Waals surface area contributed by atoms with E-state index in [-0.39, 0.29) is 0 Å². The predicted molar refractivity (Wildman–Crippen MR) is 83.2 cm³/mol. The van der Waals surface area contributed by atoms with E-state index in [2.05, 4.69) is 44.2 Å². The largest absolute Gasteiger partial charge is 0.327 e. The number of hydrogen-bond acceptors (Lipinski definition) is 1. The monoisotopic (exact) mass is 259 g/mol. The fourth-order valence-corrected chi connectivity index (χ4v) is 3.67. The fourth-order valence-electron chi connectivity index (χ4n) is 3.67. The van der Waals surface area contributed by atoms with Gasteiger partial charge in [-0.15, -0.1) is 0 Å². The highest BCUT2D eigenvalue weighted by molar-refractivity contribution is 5.22. The highest BCUT2D eigenvalue weighted by atomic mass is 14.7. The molecule has 3 unspecified atom stereocenters. The molecule has 1 saturated carbocycles. The van der Waals surface area contributed by atoms with Crippen molar-refractivity contribution in [2.75, 3.05) is 0 Å². The zero-order valence-corrected chi connectivity index (χ0v) is 12.5. The van der Waals surface area contributed by atoms with Gasteiger partial charge in [0, 0.05) is 12.0 Å². The Bertz CT molecular complexity index is 353. The molecule has 106 valence electrons. The minimum Gasteiger partial charge on any atom is -0.327 e. The first-order chi connectivity index (χ1) is 9.24. The molecule has 1 aromatic carbocycles. The summed E-state index contributed by atoms with van der Waals surface area (Å²) in [4.78, 5) is 0. The topological polar surface area (TPSA) is 26.0 Å². The van der Waals surface area contributed by atoms with Crippen molar-refractivity contribution < 1.29 is 0 Å². The van der Waals surface area contributed by atoms with Gasteiger partial charge in [-0.25, -0.2) is 0 Å². The van der Waals surface area contributed by atoms with E-state index >= 15 is 0 Å². The Labute approximate surface area is 118 Å². The molecule has 0 amide bonds. The molecule has 0 spiro atoms. The van der Waals surface area contributed by atoms with Crippen molar-refractivity contribution in [3.05, 3.63) is 35.9 Å². The number of nitrogens with two attached hydrogens (primary N) is 1. The zero-order valence-electron chi connectivity index (χ0n) is 12.5. The van der Waals surface area contributed by atoms with Gasteiger partial charge in [0.05, 0.1) is 0 Å². The van der Waals surface area contributed by atoms with Crippen molar-refractivity contribution in [1.29, 1.82) is 0 Å². The molecule has 2 rings (SSSR count). The van der Waals surface area contributed by atoms with E-state index in [0.29, 0.717) is 17.9 Å². The maximum Gasteiger partial charge on any atom is 0.0139 e. The number of hydrogen-bond donors (Lipinski definition) is 1. The first-order valence-corrected chi connectivity index (χ1v) is 8.04. The van der Waals surface area contributed by atoms with Gasteiger partial charge in [-0.2, -0.15) is 0 Å². The van der Waals surface area contributed by atoms with Crippen molar-refractivity contribution in [1.82, 2.24) is 0 Å². The number of rotatable bonds is 5. The van der Waals surface area contributed by atoms with Crippen LogP contribution < -0.4 is 5.73 Å². The minimum absolute atomic E-state index is 0.331. The highest BCUT2D eigenvalue weighted by Crippen LogP contribution is 2.37. The quantitative estimate of drug-likeness (QED) is 0.813. The van der Waals surface area contributed by atoms with Gasteiger partial charge in [-0.3, -0.25) is 0 Å². The summed E-state index contributed by atoms with van der Waals surface area (Å²) in [5.41, 5.74) is 8.14. The van der Waals surface area contributed by atoms with E-state index in [1.54, 1.807) is 0 Å². The average molecular weight is 259 g/mol. The third-order valence-electron chi connectivity index (χ3n) is 5.05. The minimum atomic E-state index is 0.331. The molecule has 0 aliphatic heterocycles. The van der Waals surface area contributed by atoms with Crippen LogP contribution in [-0.4, -0.2) is 6.04 Å². The molecule has 1 aromatic rings. The average Bonchev–Trinajstić information content (AvgIpc) is 2.49. The van der Waals surface area contributed by atoms with Crippen LogP contribution in [0.25, 0.3) is 0 Å². The molecule has 1 aliphatic rings. The van der Waals surface area contributed by atoms with Gasteiger partial charge >= 0.3 is 0 Å². The van der Waals surface area contributed by atoms with Crippen LogP contribution in [0.5, 0.6) is 0 Å². The first-order valence-electron chi connectivity index (χ1n) is 8.04. The van der Waals surface area contributed by atoms with Crippen LogP contribution in [0.4, 0.5) is 0 Å². The summed E-state index contributed by atoms with van der Waals surface area (Å²) in [6.45, 7) is 4.65. The van der Waals surface area contributed by atoms with Gasteiger partial charge in [0.15, 0.2) is 0 Å². The molecule has 0 aromatic heterocycles.